The summed E-state index contributed by atoms with van der Waals surface area (Å²) in [6, 6.07) is 7.14. The maximum absolute atomic E-state index is 12.4. The van der Waals surface area contributed by atoms with Gasteiger partial charge >= 0.3 is 0 Å². The zero-order valence-corrected chi connectivity index (χ0v) is 12.4. The molecule has 0 radical (unpaired) electrons. The van der Waals surface area contributed by atoms with Crippen LogP contribution >= 0.6 is 27.5 Å². The maximum atomic E-state index is 12.4. The van der Waals surface area contributed by atoms with E-state index in [1.54, 1.807) is 24.3 Å². The van der Waals surface area contributed by atoms with E-state index >= 15 is 0 Å². The third kappa shape index (κ3) is 3.05. The van der Waals surface area contributed by atoms with E-state index in [4.69, 9.17) is 16.3 Å². The molecule has 1 saturated heterocycles. The SMILES string of the molecule is CC1COC(CBr)CN1C(=O)c1cccc(Cl)c1. The van der Waals surface area contributed by atoms with Crippen LogP contribution < -0.4 is 0 Å². The monoisotopic (exact) mass is 331 g/mol. The minimum absolute atomic E-state index is 0.0132. The molecule has 1 aliphatic heterocycles. The van der Waals surface area contributed by atoms with Crippen LogP contribution in [-0.2, 0) is 4.74 Å². The summed E-state index contributed by atoms with van der Waals surface area (Å²) >= 11 is 9.31. The Labute approximate surface area is 120 Å². The van der Waals surface area contributed by atoms with Crippen LogP contribution in [0.2, 0.25) is 5.02 Å². The lowest BCUT2D eigenvalue weighted by atomic mass is 10.1. The number of morpholine rings is 1. The summed E-state index contributed by atoms with van der Waals surface area (Å²) in [6.45, 7) is 3.17. The molecular weight excluding hydrogens is 318 g/mol. The molecule has 0 aromatic heterocycles. The largest absolute Gasteiger partial charge is 0.373 e. The molecule has 0 saturated carbocycles. The molecule has 5 heteroatoms. The number of carbonyl (C=O) groups excluding carboxylic acids is 1. The van der Waals surface area contributed by atoms with Gasteiger partial charge in [-0.2, -0.15) is 0 Å². The molecule has 1 heterocycles. The lowest BCUT2D eigenvalue weighted by Crippen LogP contribution is -2.51. The molecule has 1 amide bonds. The van der Waals surface area contributed by atoms with Crippen LogP contribution in [-0.4, -0.2) is 41.4 Å². The molecule has 0 bridgehead atoms. The third-order valence-corrected chi connectivity index (χ3v) is 3.97. The lowest BCUT2D eigenvalue weighted by Gasteiger charge is -2.37. The molecule has 1 fully saturated rings. The van der Waals surface area contributed by atoms with Crippen molar-refractivity contribution in [2.24, 2.45) is 0 Å². The van der Waals surface area contributed by atoms with Crippen molar-refractivity contribution in [3.8, 4) is 0 Å². The molecule has 1 aromatic carbocycles. The van der Waals surface area contributed by atoms with E-state index in [-0.39, 0.29) is 18.1 Å². The molecule has 18 heavy (non-hydrogen) atoms. The first-order valence-electron chi connectivity index (χ1n) is 5.86. The second kappa shape index (κ2) is 6.04. The van der Waals surface area contributed by atoms with Crippen molar-refractivity contribution >= 4 is 33.4 Å². The average molecular weight is 333 g/mol. The van der Waals surface area contributed by atoms with Crippen LogP contribution in [0.5, 0.6) is 0 Å². The number of alkyl halides is 1. The molecule has 2 atom stereocenters. The minimum atomic E-state index is 0.0132. The quantitative estimate of drug-likeness (QED) is 0.779. The first-order chi connectivity index (χ1) is 8.61. The zero-order chi connectivity index (χ0) is 13.1. The molecule has 2 unspecified atom stereocenters. The topological polar surface area (TPSA) is 29.5 Å². The van der Waals surface area contributed by atoms with Crippen LogP contribution in [0, 0.1) is 0 Å². The van der Waals surface area contributed by atoms with Crippen molar-refractivity contribution in [1.82, 2.24) is 4.90 Å². The Morgan fingerprint density at radius 2 is 2.39 bits per heavy atom. The summed E-state index contributed by atoms with van der Waals surface area (Å²) in [7, 11) is 0. The summed E-state index contributed by atoms with van der Waals surface area (Å²) in [6.07, 6.45) is 0.0596. The van der Waals surface area contributed by atoms with Crippen molar-refractivity contribution < 1.29 is 9.53 Å². The van der Waals surface area contributed by atoms with Gasteiger partial charge < -0.3 is 9.64 Å². The van der Waals surface area contributed by atoms with E-state index in [1.165, 1.54) is 0 Å². The summed E-state index contributed by atoms with van der Waals surface area (Å²) in [5.41, 5.74) is 0.629. The summed E-state index contributed by atoms with van der Waals surface area (Å²) in [5, 5.41) is 1.32. The van der Waals surface area contributed by atoms with Gasteiger partial charge in [-0.1, -0.05) is 33.6 Å². The van der Waals surface area contributed by atoms with Gasteiger partial charge in [-0.3, -0.25) is 4.79 Å². The van der Waals surface area contributed by atoms with Gasteiger partial charge in [-0.05, 0) is 25.1 Å². The number of hydrogen-bond donors (Lipinski definition) is 0. The first kappa shape index (κ1) is 13.8. The number of hydrogen-bond acceptors (Lipinski definition) is 2. The fourth-order valence-electron chi connectivity index (χ4n) is 1.98. The highest BCUT2D eigenvalue weighted by Crippen LogP contribution is 2.18. The number of ether oxygens (including phenoxy) is 1. The molecule has 0 N–H and O–H groups in total. The lowest BCUT2D eigenvalue weighted by molar-refractivity contribution is -0.0361. The minimum Gasteiger partial charge on any atom is -0.373 e. The van der Waals surface area contributed by atoms with Crippen LogP contribution in [0.3, 0.4) is 0 Å². The standard InChI is InChI=1S/C13H15BrClNO2/c1-9-8-18-12(6-14)7-16(9)13(17)10-3-2-4-11(15)5-10/h2-5,9,12H,6-8H2,1H3. The van der Waals surface area contributed by atoms with Gasteiger partial charge in [-0.25, -0.2) is 0 Å². The maximum Gasteiger partial charge on any atom is 0.254 e. The third-order valence-electron chi connectivity index (χ3n) is 3.01. The van der Waals surface area contributed by atoms with Gasteiger partial charge in [0.15, 0.2) is 0 Å². The molecular formula is C13H15BrClNO2. The Balaban J connectivity index is 2.16. The van der Waals surface area contributed by atoms with Gasteiger partial charge in [0.25, 0.3) is 5.91 Å². The van der Waals surface area contributed by atoms with Crippen LogP contribution in [0.1, 0.15) is 17.3 Å². The number of carbonyl (C=O) groups is 1. The van der Waals surface area contributed by atoms with E-state index in [1.807, 2.05) is 11.8 Å². The Morgan fingerprint density at radius 3 is 3.06 bits per heavy atom. The van der Waals surface area contributed by atoms with Crippen molar-refractivity contribution in [3.63, 3.8) is 0 Å². The van der Waals surface area contributed by atoms with Crippen molar-refractivity contribution in [2.75, 3.05) is 18.5 Å². The zero-order valence-electron chi connectivity index (χ0n) is 10.1. The highest BCUT2D eigenvalue weighted by atomic mass is 79.9. The number of benzene rings is 1. The Bertz CT molecular complexity index is 441. The smallest absolute Gasteiger partial charge is 0.254 e. The molecule has 1 aromatic rings. The Hall–Kier alpha value is -0.580. The average Bonchev–Trinajstić information content (AvgIpc) is 2.38. The van der Waals surface area contributed by atoms with E-state index < -0.39 is 0 Å². The molecule has 2 rings (SSSR count). The predicted octanol–water partition coefficient (Wildman–Crippen LogP) is 2.96. The van der Waals surface area contributed by atoms with Crippen LogP contribution in [0.4, 0.5) is 0 Å². The molecule has 98 valence electrons. The van der Waals surface area contributed by atoms with Gasteiger partial charge in [0, 0.05) is 22.5 Å². The van der Waals surface area contributed by atoms with E-state index in [0.29, 0.717) is 23.7 Å². The Kier molecular flexibility index (Phi) is 4.65. The van der Waals surface area contributed by atoms with Crippen molar-refractivity contribution in [2.45, 2.75) is 19.1 Å². The fourth-order valence-corrected chi connectivity index (χ4v) is 2.56. The van der Waals surface area contributed by atoms with Crippen LogP contribution in [0.25, 0.3) is 0 Å². The van der Waals surface area contributed by atoms with E-state index in [0.717, 1.165) is 5.33 Å². The van der Waals surface area contributed by atoms with Crippen molar-refractivity contribution in [3.05, 3.63) is 34.9 Å². The fraction of sp³-hybridized carbons (Fsp3) is 0.462. The molecule has 3 nitrogen and oxygen atoms in total. The van der Waals surface area contributed by atoms with E-state index in [9.17, 15) is 4.79 Å². The molecule has 1 aliphatic rings. The van der Waals surface area contributed by atoms with Crippen LogP contribution in [0.15, 0.2) is 24.3 Å². The second-order valence-corrected chi connectivity index (χ2v) is 5.51. The molecule has 0 spiro atoms. The first-order valence-corrected chi connectivity index (χ1v) is 7.36. The number of rotatable bonds is 2. The van der Waals surface area contributed by atoms with Gasteiger partial charge in [0.2, 0.25) is 0 Å². The van der Waals surface area contributed by atoms with Crippen molar-refractivity contribution in [1.29, 1.82) is 0 Å². The Morgan fingerprint density at radius 1 is 1.61 bits per heavy atom. The molecule has 0 aliphatic carbocycles. The summed E-state index contributed by atoms with van der Waals surface area (Å²) in [5.74, 6) is 0.0132. The number of nitrogens with zero attached hydrogens (tertiary/aromatic N) is 1. The van der Waals surface area contributed by atoms with E-state index in [2.05, 4.69) is 15.9 Å². The van der Waals surface area contributed by atoms with Gasteiger partial charge in [0.1, 0.15) is 0 Å². The van der Waals surface area contributed by atoms with Gasteiger partial charge in [-0.15, -0.1) is 0 Å². The highest BCUT2D eigenvalue weighted by Gasteiger charge is 2.29. The summed E-state index contributed by atoms with van der Waals surface area (Å²) < 4.78 is 5.61. The predicted molar refractivity (Wildman–Crippen MR) is 75.5 cm³/mol. The second-order valence-electron chi connectivity index (χ2n) is 4.43. The summed E-state index contributed by atoms with van der Waals surface area (Å²) in [4.78, 5) is 14.3. The number of halogens is 2. The normalized spacial score (nSPS) is 24.1. The van der Waals surface area contributed by atoms with Gasteiger partial charge in [0.05, 0.1) is 18.8 Å². The number of amides is 1. The highest BCUT2D eigenvalue weighted by molar-refractivity contribution is 9.09.